The summed E-state index contributed by atoms with van der Waals surface area (Å²) < 4.78 is 4.72. The topological polar surface area (TPSA) is 75.6 Å². The minimum atomic E-state index is -0.944. The second-order valence-corrected chi connectivity index (χ2v) is 2.76. The summed E-state index contributed by atoms with van der Waals surface area (Å²) in [4.78, 5) is 21.4. The number of esters is 1. The van der Waals surface area contributed by atoms with Crippen molar-refractivity contribution in [2.45, 2.75) is 18.9 Å². The third kappa shape index (κ3) is 6.19. The lowest BCUT2D eigenvalue weighted by Crippen LogP contribution is -2.31. The van der Waals surface area contributed by atoms with Gasteiger partial charge < -0.3 is 15.2 Å². The molecule has 0 aromatic heterocycles. The average Bonchev–Trinajstić information content (AvgIpc) is 2.12. The highest BCUT2D eigenvalue weighted by atomic mass is 16.5. The first kappa shape index (κ1) is 12.6. The number of aliphatic carboxylic acids is 1. The summed E-state index contributed by atoms with van der Waals surface area (Å²) in [6.45, 7) is 3.55. The standard InChI is InChI=1S/C9H15NO4/c1-3-4-14-9(13)6-7(10-2)5-8(11)12/h3,7,10H,1,4-6H2,2H3,(H,11,12)/t7-/m0/s1. The van der Waals surface area contributed by atoms with Gasteiger partial charge in [-0.2, -0.15) is 0 Å². The van der Waals surface area contributed by atoms with Crippen molar-refractivity contribution in [2.75, 3.05) is 13.7 Å². The quantitative estimate of drug-likeness (QED) is 0.453. The lowest BCUT2D eigenvalue weighted by atomic mass is 10.1. The summed E-state index contributed by atoms with van der Waals surface area (Å²) in [6, 6.07) is -0.384. The zero-order chi connectivity index (χ0) is 11.0. The van der Waals surface area contributed by atoms with Crippen LogP contribution in [0.25, 0.3) is 0 Å². The van der Waals surface area contributed by atoms with Gasteiger partial charge >= 0.3 is 11.9 Å². The Hall–Kier alpha value is -1.36. The van der Waals surface area contributed by atoms with Gasteiger partial charge in [-0.3, -0.25) is 9.59 Å². The number of carboxylic acid groups (broad SMARTS) is 1. The van der Waals surface area contributed by atoms with E-state index in [1.165, 1.54) is 6.08 Å². The number of carbonyl (C=O) groups is 2. The first-order valence-corrected chi connectivity index (χ1v) is 4.25. The Bertz CT molecular complexity index is 215. The zero-order valence-electron chi connectivity index (χ0n) is 8.16. The molecule has 0 heterocycles. The van der Waals surface area contributed by atoms with E-state index in [1.807, 2.05) is 0 Å². The average molecular weight is 201 g/mol. The van der Waals surface area contributed by atoms with Crippen molar-refractivity contribution in [2.24, 2.45) is 0 Å². The number of ether oxygens (including phenoxy) is 1. The van der Waals surface area contributed by atoms with Gasteiger partial charge in [-0.05, 0) is 7.05 Å². The van der Waals surface area contributed by atoms with Crippen LogP contribution in [0.4, 0.5) is 0 Å². The fourth-order valence-electron chi connectivity index (χ4n) is 0.899. The van der Waals surface area contributed by atoms with Gasteiger partial charge in [0.05, 0.1) is 12.8 Å². The highest BCUT2D eigenvalue weighted by Crippen LogP contribution is 1.99. The van der Waals surface area contributed by atoms with Gasteiger partial charge in [0, 0.05) is 6.04 Å². The molecule has 0 amide bonds. The summed E-state index contributed by atoms with van der Waals surface area (Å²) in [6.07, 6.45) is 1.42. The number of nitrogens with one attached hydrogen (secondary N) is 1. The first-order chi connectivity index (χ1) is 6.60. The molecule has 0 aliphatic heterocycles. The molecule has 5 nitrogen and oxygen atoms in total. The minimum Gasteiger partial charge on any atom is -0.481 e. The summed E-state index contributed by atoms with van der Waals surface area (Å²) in [5.74, 6) is -1.37. The minimum absolute atomic E-state index is 0.0522. The van der Waals surface area contributed by atoms with Gasteiger partial charge in [-0.25, -0.2) is 0 Å². The van der Waals surface area contributed by atoms with Crippen LogP contribution >= 0.6 is 0 Å². The van der Waals surface area contributed by atoms with E-state index in [0.717, 1.165) is 0 Å². The number of hydrogen-bond donors (Lipinski definition) is 2. The monoisotopic (exact) mass is 201 g/mol. The number of rotatable bonds is 7. The largest absolute Gasteiger partial charge is 0.481 e. The Labute approximate surface area is 82.7 Å². The number of hydrogen-bond acceptors (Lipinski definition) is 4. The molecule has 80 valence electrons. The van der Waals surface area contributed by atoms with E-state index >= 15 is 0 Å². The summed E-state index contributed by atoms with van der Waals surface area (Å²) in [5.41, 5.74) is 0. The molecule has 0 radical (unpaired) electrons. The van der Waals surface area contributed by atoms with Crippen molar-refractivity contribution in [3.63, 3.8) is 0 Å². The van der Waals surface area contributed by atoms with Crippen LogP contribution in [0.3, 0.4) is 0 Å². The molecule has 0 saturated carbocycles. The molecule has 0 fully saturated rings. The van der Waals surface area contributed by atoms with E-state index < -0.39 is 11.9 Å². The van der Waals surface area contributed by atoms with Gasteiger partial charge in [-0.15, -0.1) is 0 Å². The van der Waals surface area contributed by atoms with E-state index in [9.17, 15) is 9.59 Å². The Kier molecular flexibility index (Phi) is 6.39. The third-order valence-electron chi connectivity index (χ3n) is 1.60. The molecule has 0 bridgehead atoms. The Morgan fingerprint density at radius 3 is 2.64 bits per heavy atom. The maximum absolute atomic E-state index is 11.0. The molecule has 14 heavy (non-hydrogen) atoms. The Morgan fingerprint density at radius 2 is 2.21 bits per heavy atom. The van der Waals surface area contributed by atoms with Crippen molar-refractivity contribution in [1.82, 2.24) is 5.32 Å². The van der Waals surface area contributed by atoms with E-state index in [1.54, 1.807) is 7.05 Å². The highest BCUT2D eigenvalue weighted by molar-refractivity contribution is 5.73. The summed E-state index contributed by atoms with van der Waals surface area (Å²) >= 11 is 0. The highest BCUT2D eigenvalue weighted by Gasteiger charge is 2.15. The van der Waals surface area contributed by atoms with Crippen LogP contribution in [0.15, 0.2) is 12.7 Å². The van der Waals surface area contributed by atoms with Crippen LogP contribution in [0.5, 0.6) is 0 Å². The van der Waals surface area contributed by atoms with Gasteiger partial charge in [0.1, 0.15) is 6.61 Å². The van der Waals surface area contributed by atoms with Gasteiger partial charge in [0.2, 0.25) is 0 Å². The molecule has 0 aromatic carbocycles. The summed E-state index contributed by atoms with van der Waals surface area (Å²) in [7, 11) is 1.61. The fraction of sp³-hybridized carbons (Fsp3) is 0.556. The van der Waals surface area contributed by atoms with Crippen LogP contribution < -0.4 is 5.32 Å². The molecule has 0 unspecified atom stereocenters. The van der Waals surface area contributed by atoms with Gasteiger partial charge in [-0.1, -0.05) is 12.7 Å². The smallest absolute Gasteiger partial charge is 0.307 e. The summed E-state index contributed by atoms with van der Waals surface area (Å²) in [5, 5.41) is 11.2. The van der Waals surface area contributed by atoms with Crippen molar-refractivity contribution in [1.29, 1.82) is 0 Å². The molecule has 0 aliphatic carbocycles. The second kappa shape index (κ2) is 7.08. The van der Waals surface area contributed by atoms with Crippen molar-refractivity contribution >= 4 is 11.9 Å². The molecule has 0 aromatic rings. The number of carboxylic acids is 1. The molecule has 5 heteroatoms. The Morgan fingerprint density at radius 1 is 1.57 bits per heavy atom. The molecule has 0 rings (SSSR count). The van der Waals surface area contributed by atoms with Crippen LogP contribution in [0.2, 0.25) is 0 Å². The van der Waals surface area contributed by atoms with E-state index in [2.05, 4.69) is 11.9 Å². The Balaban J connectivity index is 3.85. The van der Waals surface area contributed by atoms with E-state index in [-0.39, 0.29) is 25.5 Å². The van der Waals surface area contributed by atoms with Crippen molar-refractivity contribution < 1.29 is 19.4 Å². The lowest BCUT2D eigenvalue weighted by molar-refractivity contribution is -0.143. The maximum atomic E-state index is 11.0. The fourth-order valence-corrected chi connectivity index (χ4v) is 0.899. The van der Waals surface area contributed by atoms with E-state index in [0.29, 0.717) is 0 Å². The molecule has 0 saturated heterocycles. The van der Waals surface area contributed by atoms with Crippen LogP contribution in [-0.4, -0.2) is 36.7 Å². The second-order valence-electron chi connectivity index (χ2n) is 2.76. The molecule has 1 atom stereocenters. The van der Waals surface area contributed by atoms with E-state index in [4.69, 9.17) is 9.84 Å². The molecular formula is C9H15NO4. The lowest BCUT2D eigenvalue weighted by Gasteiger charge is -2.12. The molecule has 2 N–H and O–H groups in total. The maximum Gasteiger partial charge on any atom is 0.307 e. The van der Waals surface area contributed by atoms with Crippen LogP contribution in [0, 0.1) is 0 Å². The first-order valence-electron chi connectivity index (χ1n) is 4.25. The SMILES string of the molecule is C=CCOC(=O)C[C@H](CC(=O)O)NC. The van der Waals surface area contributed by atoms with Crippen molar-refractivity contribution in [3.05, 3.63) is 12.7 Å². The normalized spacial score (nSPS) is 11.8. The van der Waals surface area contributed by atoms with Crippen LogP contribution in [0.1, 0.15) is 12.8 Å². The van der Waals surface area contributed by atoms with Crippen LogP contribution in [-0.2, 0) is 14.3 Å². The van der Waals surface area contributed by atoms with Gasteiger partial charge in [0.25, 0.3) is 0 Å². The third-order valence-corrected chi connectivity index (χ3v) is 1.60. The predicted octanol–water partition coefficient (Wildman–Crippen LogP) is 0.168. The molecular weight excluding hydrogens is 186 g/mol. The molecule has 0 spiro atoms. The zero-order valence-corrected chi connectivity index (χ0v) is 8.16. The van der Waals surface area contributed by atoms with Gasteiger partial charge in [0.15, 0.2) is 0 Å². The van der Waals surface area contributed by atoms with Crippen molar-refractivity contribution in [3.8, 4) is 0 Å². The predicted molar refractivity (Wildman–Crippen MR) is 50.9 cm³/mol. The number of carbonyl (C=O) groups excluding carboxylic acids is 1. The molecule has 0 aliphatic rings.